The average Bonchev–Trinajstić information content (AvgIpc) is 3.31. The van der Waals surface area contributed by atoms with Crippen LogP contribution < -0.4 is 15.6 Å². The summed E-state index contributed by atoms with van der Waals surface area (Å²) >= 11 is 0. The predicted octanol–water partition coefficient (Wildman–Crippen LogP) is 1.21. The highest BCUT2D eigenvalue weighted by Gasteiger charge is 2.24. The minimum absolute atomic E-state index is 0.242. The Balaban J connectivity index is 1.70. The van der Waals surface area contributed by atoms with Crippen LogP contribution in [0.4, 0.5) is 5.82 Å². The second-order valence-corrected chi connectivity index (χ2v) is 5.91. The summed E-state index contributed by atoms with van der Waals surface area (Å²) in [4.78, 5) is 31.1. The smallest absolute Gasteiger partial charge is 0.254 e. The molecule has 1 amide bonds. The fourth-order valence-corrected chi connectivity index (χ4v) is 2.84. The molecule has 4 rings (SSSR count). The van der Waals surface area contributed by atoms with Crippen molar-refractivity contribution >= 4 is 17.5 Å². The molecule has 134 valence electrons. The number of aromatic amines is 1. The van der Waals surface area contributed by atoms with Crippen molar-refractivity contribution in [3.8, 4) is 17.1 Å². The first-order valence-electron chi connectivity index (χ1n) is 8.21. The van der Waals surface area contributed by atoms with Crippen LogP contribution in [0.25, 0.3) is 17.2 Å². The summed E-state index contributed by atoms with van der Waals surface area (Å²) in [5, 5.41) is 7.11. The second-order valence-electron chi connectivity index (χ2n) is 5.91. The summed E-state index contributed by atoms with van der Waals surface area (Å²) in [6, 6.07) is 8.49. The minimum Gasteiger partial charge on any atom is -0.497 e. The van der Waals surface area contributed by atoms with E-state index in [0.29, 0.717) is 18.9 Å². The molecule has 1 fully saturated rings. The molecule has 0 bridgehead atoms. The number of amides is 1. The number of hydrogen-bond acceptors (Lipinski definition) is 6. The van der Waals surface area contributed by atoms with Crippen molar-refractivity contribution in [1.29, 1.82) is 0 Å². The number of rotatable bonds is 4. The predicted molar refractivity (Wildman–Crippen MR) is 93.2 cm³/mol. The Hall–Kier alpha value is -3.20. The molecule has 9 heteroatoms. The number of nitrogens with one attached hydrogen (secondary N) is 2. The van der Waals surface area contributed by atoms with Crippen LogP contribution in [0.15, 0.2) is 35.1 Å². The lowest BCUT2D eigenvalue weighted by atomic mass is 10.2. The number of fused-ring (bicyclic) bond motifs is 1. The summed E-state index contributed by atoms with van der Waals surface area (Å²) in [5.41, 5.74) is 0.376. The Morgan fingerprint density at radius 3 is 2.88 bits per heavy atom. The van der Waals surface area contributed by atoms with Gasteiger partial charge in [0.25, 0.3) is 11.5 Å². The first-order valence-corrected chi connectivity index (χ1v) is 8.21. The first kappa shape index (κ1) is 16.3. The van der Waals surface area contributed by atoms with E-state index in [0.717, 1.165) is 17.7 Å². The minimum atomic E-state index is -0.506. The number of hydrogen-bond donors (Lipinski definition) is 2. The van der Waals surface area contributed by atoms with Gasteiger partial charge in [-0.25, -0.2) is 0 Å². The topological polar surface area (TPSA) is 111 Å². The maximum atomic E-state index is 12.3. The van der Waals surface area contributed by atoms with E-state index in [1.165, 1.54) is 10.6 Å². The average molecular weight is 355 g/mol. The number of nitrogens with zero attached hydrogens (tertiary/aromatic N) is 3. The van der Waals surface area contributed by atoms with Gasteiger partial charge in [-0.3, -0.25) is 14.6 Å². The maximum absolute atomic E-state index is 12.3. The van der Waals surface area contributed by atoms with Gasteiger partial charge < -0.3 is 14.8 Å². The third-order valence-electron chi connectivity index (χ3n) is 4.16. The number of methoxy groups -OCH3 is 1. The van der Waals surface area contributed by atoms with Crippen molar-refractivity contribution in [2.24, 2.45) is 0 Å². The summed E-state index contributed by atoms with van der Waals surface area (Å²) in [5.74, 6) is 1.33. The summed E-state index contributed by atoms with van der Waals surface area (Å²) in [6.45, 7) is 0.563. The molecule has 1 atom stereocenters. The number of H-pyrrole nitrogens is 1. The SMILES string of the molecule is COc1ccc(-c2nc3[nH]c(=O)cc(NC(=O)C4CCCO4)n3n2)cc1. The van der Waals surface area contributed by atoms with Crippen LogP contribution in [0.3, 0.4) is 0 Å². The molecule has 0 spiro atoms. The van der Waals surface area contributed by atoms with Gasteiger partial charge >= 0.3 is 0 Å². The van der Waals surface area contributed by atoms with Crippen molar-refractivity contribution in [3.63, 3.8) is 0 Å². The molecule has 3 heterocycles. The monoisotopic (exact) mass is 355 g/mol. The highest BCUT2D eigenvalue weighted by Crippen LogP contribution is 2.21. The molecule has 9 nitrogen and oxygen atoms in total. The lowest BCUT2D eigenvalue weighted by molar-refractivity contribution is -0.124. The van der Waals surface area contributed by atoms with Crippen molar-refractivity contribution in [3.05, 3.63) is 40.7 Å². The fraction of sp³-hybridized carbons (Fsp3) is 0.294. The number of anilines is 1. The van der Waals surface area contributed by atoms with Gasteiger partial charge in [-0.15, -0.1) is 5.10 Å². The van der Waals surface area contributed by atoms with Crippen molar-refractivity contribution in [2.45, 2.75) is 18.9 Å². The van der Waals surface area contributed by atoms with Crippen LogP contribution in [-0.2, 0) is 9.53 Å². The van der Waals surface area contributed by atoms with Gasteiger partial charge in [0, 0.05) is 18.2 Å². The number of aromatic nitrogens is 4. The van der Waals surface area contributed by atoms with Crippen LogP contribution >= 0.6 is 0 Å². The van der Waals surface area contributed by atoms with Gasteiger partial charge in [0.15, 0.2) is 5.82 Å². The highest BCUT2D eigenvalue weighted by molar-refractivity contribution is 5.93. The van der Waals surface area contributed by atoms with E-state index in [-0.39, 0.29) is 23.1 Å². The standard InChI is InChI=1S/C17H17N5O4/c1-25-11-6-4-10(5-7-11)15-20-17-19-14(23)9-13(22(17)21-15)18-16(24)12-3-2-8-26-12/h4-7,9,12H,2-3,8H2,1H3,(H,18,24)(H,19,20,21,23). The quantitative estimate of drug-likeness (QED) is 0.728. The maximum Gasteiger partial charge on any atom is 0.254 e. The molecule has 2 N–H and O–H groups in total. The van der Waals surface area contributed by atoms with Gasteiger partial charge in [0.2, 0.25) is 5.78 Å². The van der Waals surface area contributed by atoms with Gasteiger partial charge in [-0.05, 0) is 37.1 Å². The number of ether oxygens (including phenoxy) is 2. The van der Waals surface area contributed by atoms with E-state index >= 15 is 0 Å². The van der Waals surface area contributed by atoms with Gasteiger partial charge in [0.1, 0.15) is 17.7 Å². The van der Waals surface area contributed by atoms with Crippen LogP contribution in [0, 0.1) is 0 Å². The Morgan fingerprint density at radius 2 is 2.19 bits per heavy atom. The number of carbonyl (C=O) groups is 1. The van der Waals surface area contributed by atoms with Crippen LogP contribution in [0.1, 0.15) is 12.8 Å². The number of benzene rings is 1. The van der Waals surface area contributed by atoms with E-state index in [1.807, 2.05) is 12.1 Å². The van der Waals surface area contributed by atoms with Gasteiger partial charge in [-0.1, -0.05) is 0 Å². The molecule has 1 aliphatic rings. The van der Waals surface area contributed by atoms with E-state index in [2.05, 4.69) is 20.4 Å². The Bertz CT molecular complexity index is 1000. The van der Waals surface area contributed by atoms with Gasteiger partial charge in [-0.2, -0.15) is 9.50 Å². The van der Waals surface area contributed by atoms with E-state index < -0.39 is 6.10 Å². The lowest BCUT2D eigenvalue weighted by Gasteiger charge is -2.10. The van der Waals surface area contributed by atoms with Crippen LogP contribution in [0.2, 0.25) is 0 Å². The molecule has 1 saturated heterocycles. The van der Waals surface area contributed by atoms with Crippen molar-refractivity contribution in [2.75, 3.05) is 19.0 Å². The van der Waals surface area contributed by atoms with Crippen LogP contribution in [-0.4, -0.2) is 45.3 Å². The molecule has 1 aromatic carbocycles. The molecule has 0 radical (unpaired) electrons. The molecule has 26 heavy (non-hydrogen) atoms. The van der Waals surface area contributed by atoms with E-state index in [4.69, 9.17) is 9.47 Å². The molecular formula is C17H17N5O4. The normalized spacial score (nSPS) is 16.7. The van der Waals surface area contributed by atoms with Crippen molar-refractivity contribution < 1.29 is 14.3 Å². The zero-order chi connectivity index (χ0) is 18.1. The molecular weight excluding hydrogens is 338 g/mol. The third-order valence-corrected chi connectivity index (χ3v) is 4.16. The largest absolute Gasteiger partial charge is 0.497 e. The molecule has 1 unspecified atom stereocenters. The van der Waals surface area contributed by atoms with E-state index in [9.17, 15) is 9.59 Å². The molecule has 3 aromatic rings. The number of carbonyl (C=O) groups excluding carboxylic acids is 1. The Labute approximate surface area is 148 Å². The summed E-state index contributed by atoms with van der Waals surface area (Å²) in [6.07, 6.45) is 0.995. The van der Waals surface area contributed by atoms with Crippen LogP contribution in [0.5, 0.6) is 5.75 Å². The van der Waals surface area contributed by atoms with Gasteiger partial charge in [0.05, 0.1) is 7.11 Å². The molecule has 2 aromatic heterocycles. The zero-order valence-corrected chi connectivity index (χ0v) is 14.1. The first-order chi connectivity index (χ1) is 12.6. The lowest BCUT2D eigenvalue weighted by Crippen LogP contribution is -2.28. The molecule has 1 aliphatic heterocycles. The zero-order valence-electron chi connectivity index (χ0n) is 14.1. The molecule has 0 aliphatic carbocycles. The fourth-order valence-electron chi connectivity index (χ4n) is 2.84. The van der Waals surface area contributed by atoms with Crippen molar-refractivity contribution in [1.82, 2.24) is 19.6 Å². The summed E-state index contributed by atoms with van der Waals surface area (Å²) in [7, 11) is 1.59. The third kappa shape index (κ3) is 3.04. The Morgan fingerprint density at radius 1 is 1.38 bits per heavy atom. The second kappa shape index (κ2) is 6.60. The Kier molecular flexibility index (Phi) is 4.13. The highest BCUT2D eigenvalue weighted by atomic mass is 16.5. The summed E-state index contributed by atoms with van der Waals surface area (Å²) < 4.78 is 11.9. The van der Waals surface area contributed by atoms with E-state index in [1.54, 1.807) is 19.2 Å². The molecule has 0 saturated carbocycles.